The number of rotatable bonds is 6. The maximum absolute atomic E-state index is 14.7. The van der Waals surface area contributed by atoms with Crippen LogP contribution in [0.5, 0.6) is 0 Å². The number of aliphatic hydroxyl groups is 1. The number of amides is 1. The van der Waals surface area contributed by atoms with E-state index in [0.717, 1.165) is 6.42 Å². The van der Waals surface area contributed by atoms with E-state index in [0.29, 0.717) is 34.9 Å². The van der Waals surface area contributed by atoms with Crippen molar-refractivity contribution in [3.05, 3.63) is 42.3 Å². The predicted octanol–water partition coefficient (Wildman–Crippen LogP) is 2.27. The number of aryl methyl sites for hydroxylation is 1. The summed E-state index contributed by atoms with van der Waals surface area (Å²) < 4.78 is 19.7. The topological polar surface area (TPSA) is 106 Å². The van der Waals surface area contributed by atoms with Crippen molar-refractivity contribution in [2.24, 2.45) is 0 Å². The zero-order valence-electron chi connectivity index (χ0n) is 15.7. The van der Waals surface area contributed by atoms with Crippen molar-refractivity contribution < 1.29 is 19.0 Å². The third-order valence-electron chi connectivity index (χ3n) is 4.52. The largest absolute Gasteiger partial charge is 0.441 e. The summed E-state index contributed by atoms with van der Waals surface area (Å²) in [5, 5.41) is 21.3. The first-order valence-corrected chi connectivity index (χ1v) is 9.22. The first kappa shape index (κ1) is 18.9. The summed E-state index contributed by atoms with van der Waals surface area (Å²) in [5.41, 5.74) is 1.84. The minimum absolute atomic E-state index is 0.177. The molecule has 9 nitrogen and oxygen atoms in total. The van der Waals surface area contributed by atoms with Gasteiger partial charge in [-0.1, -0.05) is 13.0 Å². The summed E-state index contributed by atoms with van der Waals surface area (Å²) in [5.74, 6) is -0.0869. The number of tetrazole rings is 1. The van der Waals surface area contributed by atoms with Crippen molar-refractivity contribution in [3.63, 3.8) is 0 Å². The smallest absolute Gasteiger partial charge is 0.414 e. The van der Waals surface area contributed by atoms with E-state index in [-0.39, 0.29) is 13.2 Å². The maximum Gasteiger partial charge on any atom is 0.414 e. The molecule has 0 aliphatic carbocycles. The van der Waals surface area contributed by atoms with E-state index in [4.69, 9.17) is 9.84 Å². The van der Waals surface area contributed by atoms with Crippen LogP contribution >= 0.6 is 0 Å². The van der Waals surface area contributed by atoms with E-state index in [2.05, 4.69) is 20.4 Å². The number of hydrogen-bond acceptors (Lipinski definition) is 7. The summed E-state index contributed by atoms with van der Waals surface area (Å²) in [6.45, 7) is 2.59. The molecule has 1 amide bonds. The standard InChI is InChI=1S/C19H19FN6O3/c1-2-7-26-23-18(22-24-26)17-6-3-12(9-21-17)15-5-4-13(8-16(15)20)25-10-14(11-27)29-19(25)28/h3-6,8-9,14,27H,2,7,10-11H2,1H3/t14-/m1/s1. The molecule has 10 heteroatoms. The van der Waals surface area contributed by atoms with Crippen molar-refractivity contribution >= 4 is 11.8 Å². The van der Waals surface area contributed by atoms with Gasteiger partial charge in [0.25, 0.3) is 0 Å². The molecule has 1 fully saturated rings. The Morgan fingerprint density at radius 1 is 1.31 bits per heavy atom. The fourth-order valence-electron chi connectivity index (χ4n) is 3.06. The Kier molecular flexibility index (Phi) is 5.17. The van der Waals surface area contributed by atoms with Crippen LogP contribution in [0.2, 0.25) is 0 Å². The van der Waals surface area contributed by atoms with Gasteiger partial charge in [0.05, 0.1) is 25.4 Å². The summed E-state index contributed by atoms with van der Waals surface area (Å²) in [6, 6.07) is 7.91. The second kappa shape index (κ2) is 7.92. The zero-order chi connectivity index (χ0) is 20.4. The molecule has 1 aliphatic rings. The average Bonchev–Trinajstić information content (AvgIpc) is 3.35. The molecule has 29 heavy (non-hydrogen) atoms. The van der Waals surface area contributed by atoms with Gasteiger partial charge in [-0.25, -0.2) is 9.18 Å². The molecule has 1 aliphatic heterocycles. The van der Waals surface area contributed by atoms with Crippen LogP contribution in [0.15, 0.2) is 36.5 Å². The molecule has 1 aromatic carbocycles. The van der Waals surface area contributed by atoms with Gasteiger partial charge in [-0.2, -0.15) is 4.80 Å². The lowest BCUT2D eigenvalue weighted by atomic mass is 10.1. The van der Waals surface area contributed by atoms with E-state index in [1.54, 1.807) is 30.5 Å². The van der Waals surface area contributed by atoms with Crippen LogP contribution in [0, 0.1) is 5.82 Å². The second-order valence-electron chi connectivity index (χ2n) is 6.60. The van der Waals surface area contributed by atoms with Crippen molar-refractivity contribution in [2.75, 3.05) is 18.1 Å². The van der Waals surface area contributed by atoms with Gasteiger partial charge >= 0.3 is 6.09 Å². The average molecular weight is 398 g/mol. The molecular weight excluding hydrogens is 379 g/mol. The summed E-state index contributed by atoms with van der Waals surface area (Å²) in [4.78, 5) is 19.0. The number of ether oxygens (including phenoxy) is 1. The fourth-order valence-corrected chi connectivity index (χ4v) is 3.06. The number of carbonyl (C=O) groups excluding carboxylic acids is 1. The van der Waals surface area contributed by atoms with E-state index in [1.807, 2.05) is 6.92 Å². The van der Waals surface area contributed by atoms with Gasteiger partial charge in [0.2, 0.25) is 5.82 Å². The first-order chi connectivity index (χ1) is 14.1. The number of pyridine rings is 1. The minimum Gasteiger partial charge on any atom is -0.441 e. The molecule has 0 spiro atoms. The number of halogens is 1. The van der Waals surface area contributed by atoms with E-state index in [9.17, 15) is 9.18 Å². The molecule has 3 aromatic rings. The lowest BCUT2D eigenvalue weighted by Crippen LogP contribution is -2.25. The first-order valence-electron chi connectivity index (χ1n) is 9.22. The number of carbonyl (C=O) groups is 1. The Labute approximate surface area is 165 Å². The Morgan fingerprint density at radius 3 is 2.83 bits per heavy atom. The number of aromatic nitrogens is 5. The SMILES string of the molecule is CCCn1nnc(-c2ccc(-c3ccc(N4C[C@H](CO)OC4=O)cc3F)cn2)n1. The zero-order valence-corrected chi connectivity index (χ0v) is 15.7. The van der Waals surface area contributed by atoms with Crippen LogP contribution in [-0.2, 0) is 11.3 Å². The van der Waals surface area contributed by atoms with Crippen LogP contribution in [0.1, 0.15) is 13.3 Å². The van der Waals surface area contributed by atoms with E-state index < -0.39 is 18.0 Å². The van der Waals surface area contributed by atoms with Crippen LogP contribution in [0.4, 0.5) is 14.9 Å². The van der Waals surface area contributed by atoms with Gasteiger partial charge in [0.15, 0.2) is 0 Å². The van der Waals surface area contributed by atoms with Gasteiger partial charge in [-0.3, -0.25) is 9.88 Å². The van der Waals surface area contributed by atoms with Crippen LogP contribution in [0.3, 0.4) is 0 Å². The quantitative estimate of drug-likeness (QED) is 0.679. The van der Waals surface area contributed by atoms with Crippen molar-refractivity contribution in [1.29, 1.82) is 0 Å². The molecule has 1 saturated heterocycles. The predicted molar refractivity (Wildman–Crippen MR) is 101 cm³/mol. The van der Waals surface area contributed by atoms with Crippen LogP contribution in [0.25, 0.3) is 22.6 Å². The molecule has 1 N–H and O–H groups in total. The number of hydrogen-bond donors (Lipinski definition) is 1. The third kappa shape index (κ3) is 3.79. The van der Waals surface area contributed by atoms with Gasteiger partial charge in [0, 0.05) is 17.3 Å². The van der Waals surface area contributed by atoms with Crippen molar-refractivity contribution in [1.82, 2.24) is 25.2 Å². The lowest BCUT2D eigenvalue weighted by molar-refractivity contribution is 0.0963. The number of nitrogens with zero attached hydrogens (tertiary/aromatic N) is 6. The monoisotopic (exact) mass is 398 g/mol. The molecule has 3 heterocycles. The molecule has 0 bridgehead atoms. The summed E-state index contributed by atoms with van der Waals surface area (Å²) in [6.07, 6.45) is 1.23. The molecule has 0 radical (unpaired) electrons. The molecule has 0 saturated carbocycles. The molecular formula is C19H19FN6O3. The normalized spacial score (nSPS) is 16.3. The maximum atomic E-state index is 14.7. The van der Waals surface area contributed by atoms with E-state index in [1.165, 1.54) is 15.8 Å². The highest BCUT2D eigenvalue weighted by Gasteiger charge is 2.32. The third-order valence-corrected chi connectivity index (χ3v) is 4.52. The van der Waals surface area contributed by atoms with E-state index >= 15 is 0 Å². The number of benzene rings is 1. The van der Waals surface area contributed by atoms with Crippen LogP contribution in [-0.4, -0.2) is 55.6 Å². The second-order valence-corrected chi connectivity index (χ2v) is 6.60. The van der Waals surface area contributed by atoms with Crippen molar-refractivity contribution in [3.8, 4) is 22.6 Å². The number of cyclic esters (lactones) is 1. The number of aliphatic hydroxyl groups excluding tert-OH is 1. The molecule has 2 aromatic heterocycles. The fraction of sp³-hybridized carbons (Fsp3) is 0.316. The summed E-state index contributed by atoms with van der Waals surface area (Å²) in [7, 11) is 0. The Balaban J connectivity index is 1.54. The number of anilines is 1. The lowest BCUT2D eigenvalue weighted by Gasteiger charge is -2.14. The van der Waals surface area contributed by atoms with Gasteiger partial charge in [0.1, 0.15) is 17.6 Å². The molecule has 1 atom stereocenters. The van der Waals surface area contributed by atoms with Crippen molar-refractivity contribution in [2.45, 2.75) is 26.0 Å². The highest BCUT2D eigenvalue weighted by atomic mass is 19.1. The van der Waals surface area contributed by atoms with Gasteiger partial charge in [-0.15, -0.1) is 10.2 Å². The van der Waals surface area contributed by atoms with Crippen LogP contribution < -0.4 is 4.90 Å². The van der Waals surface area contributed by atoms with Gasteiger partial charge < -0.3 is 9.84 Å². The van der Waals surface area contributed by atoms with Gasteiger partial charge in [-0.05, 0) is 35.9 Å². The molecule has 0 unspecified atom stereocenters. The molecule has 150 valence electrons. The Bertz CT molecular complexity index is 1020. The minimum atomic E-state index is -0.606. The Morgan fingerprint density at radius 2 is 2.17 bits per heavy atom. The Hall–Kier alpha value is -3.40. The highest BCUT2D eigenvalue weighted by Crippen LogP contribution is 2.29. The summed E-state index contributed by atoms with van der Waals surface area (Å²) >= 11 is 0. The molecule has 4 rings (SSSR count). The highest BCUT2D eigenvalue weighted by molar-refractivity contribution is 5.90.